The molecule has 0 radical (unpaired) electrons. The first-order chi connectivity index (χ1) is 5.08. The van der Waals surface area contributed by atoms with E-state index in [9.17, 15) is 0 Å². The second-order valence-corrected chi connectivity index (χ2v) is 3.82. The molecule has 0 atom stereocenters. The molecule has 0 saturated carbocycles. The minimum Gasteiger partial charge on any atom is -0.367 e. The van der Waals surface area contributed by atoms with Gasteiger partial charge in [-0.1, -0.05) is 0 Å². The van der Waals surface area contributed by atoms with Crippen LogP contribution in [0.1, 0.15) is 26.3 Å². The average Bonchev–Trinajstić information content (AvgIpc) is 2.32. The van der Waals surface area contributed by atoms with Crippen LogP contribution in [0.4, 0.5) is 0 Å². The van der Waals surface area contributed by atoms with Gasteiger partial charge in [0.15, 0.2) is 0 Å². The van der Waals surface area contributed by atoms with Crippen molar-refractivity contribution in [3.63, 3.8) is 0 Å². The summed E-state index contributed by atoms with van der Waals surface area (Å²) >= 11 is 0. The quantitative estimate of drug-likeness (QED) is 0.665. The smallest absolute Gasteiger partial charge is 0.0225 e. The summed E-state index contributed by atoms with van der Waals surface area (Å²) in [6.07, 6.45) is 3.96. The van der Waals surface area contributed by atoms with Gasteiger partial charge in [0, 0.05) is 24.5 Å². The lowest BCUT2D eigenvalue weighted by atomic mass is 10.1. The second-order valence-electron chi connectivity index (χ2n) is 3.82. The molecule has 1 rings (SSSR count). The van der Waals surface area contributed by atoms with Crippen molar-refractivity contribution in [2.75, 3.05) is 0 Å². The number of H-pyrrole nitrogens is 1. The van der Waals surface area contributed by atoms with Gasteiger partial charge in [-0.25, -0.2) is 0 Å². The first-order valence-corrected chi connectivity index (χ1v) is 3.95. The van der Waals surface area contributed by atoms with E-state index in [4.69, 9.17) is 0 Å². The minimum absolute atomic E-state index is 0.206. The Kier molecular flexibility index (Phi) is 2.35. The van der Waals surface area contributed by atoms with Gasteiger partial charge in [0.2, 0.25) is 0 Å². The van der Waals surface area contributed by atoms with Gasteiger partial charge in [-0.15, -0.1) is 0 Å². The zero-order chi connectivity index (χ0) is 8.32. The normalized spacial score (nSPS) is 11.9. The maximum absolute atomic E-state index is 3.40. The SMILES string of the molecule is CC(C)(C)NCc1cc[nH]c1. The van der Waals surface area contributed by atoms with Crippen molar-refractivity contribution in [3.8, 4) is 0 Å². The third kappa shape index (κ3) is 3.23. The second kappa shape index (κ2) is 3.09. The molecule has 0 bridgehead atoms. The number of hydrogen-bond donors (Lipinski definition) is 2. The molecule has 62 valence electrons. The fourth-order valence-electron chi connectivity index (χ4n) is 0.836. The van der Waals surface area contributed by atoms with Crippen LogP contribution >= 0.6 is 0 Å². The van der Waals surface area contributed by atoms with E-state index in [1.807, 2.05) is 12.4 Å². The molecule has 2 N–H and O–H groups in total. The molecular formula is C9H16N2. The van der Waals surface area contributed by atoms with Gasteiger partial charge in [0.1, 0.15) is 0 Å². The molecule has 0 aliphatic carbocycles. The van der Waals surface area contributed by atoms with Crippen LogP contribution in [0.25, 0.3) is 0 Å². The molecule has 0 fully saturated rings. The van der Waals surface area contributed by atoms with E-state index in [-0.39, 0.29) is 5.54 Å². The van der Waals surface area contributed by atoms with Crippen molar-refractivity contribution in [1.29, 1.82) is 0 Å². The van der Waals surface area contributed by atoms with Crippen molar-refractivity contribution in [2.45, 2.75) is 32.9 Å². The average molecular weight is 152 g/mol. The van der Waals surface area contributed by atoms with Crippen LogP contribution in [-0.2, 0) is 6.54 Å². The van der Waals surface area contributed by atoms with E-state index < -0.39 is 0 Å². The van der Waals surface area contributed by atoms with Crippen LogP contribution in [0.15, 0.2) is 18.5 Å². The molecule has 1 aromatic rings. The Morgan fingerprint density at radius 1 is 1.45 bits per heavy atom. The first-order valence-electron chi connectivity index (χ1n) is 3.95. The number of hydrogen-bond acceptors (Lipinski definition) is 1. The molecule has 1 heterocycles. The predicted molar refractivity (Wildman–Crippen MR) is 47.4 cm³/mol. The molecular weight excluding hydrogens is 136 g/mol. The maximum atomic E-state index is 3.40. The summed E-state index contributed by atoms with van der Waals surface area (Å²) in [5.41, 5.74) is 1.51. The summed E-state index contributed by atoms with van der Waals surface area (Å²) in [4.78, 5) is 3.03. The molecule has 2 heteroatoms. The summed E-state index contributed by atoms with van der Waals surface area (Å²) < 4.78 is 0. The minimum atomic E-state index is 0.206. The standard InChI is InChI=1S/C9H16N2/c1-9(2,3)11-7-8-4-5-10-6-8/h4-6,10-11H,7H2,1-3H3. The largest absolute Gasteiger partial charge is 0.367 e. The molecule has 0 aliphatic heterocycles. The molecule has 2 nitrogen and oxygen atoms in total. The molecule has 0 amide bonds. The van der Waals surface area contributed by atoms with Crippen molar-refractivity contribution >= 4 is 0 Å². The van der Waals surface area contributed by atoms with Crippen LogP contribution in [-0.4, -0.2) is 10.5 Å². The van der Waals surface area contributed by atoms with E-state index in [0.29, 0.717) is 0 Å². The summed E-state index contributed by atoms with van der Waals surface area (Å²) in [6, 6.07) is 2.08. The summed E-state index contributed by atoms with van der Waals surface area (Å²) in [5.74, 6) is 0. The number of nitrogens with one attached hydrogen (secondary N) is 2. The van der Waals surface area contributed by atoms with E-state index >= 15 is 0 Å². The Balaban J connectivity index is 2.35. The molecule has 0 unspecified atom stereocenters. The van der Waals surface area contributed by atoms with Gasteiger partial charge < -0.3 is 10.3 Å². The third-order valence-corrected chi connectivity index (χ3v) is 1.49. The molecule has 0 spiro atoms. The van der Waals surface area contributed by atoms with Crippen molar-refractivity contribution < 1.29 is 0 Å². The van der Waals surface area contributed by atoms with E-state index in [1.165, 1.54) is 5.56 Å². The molecule has 0 aromatic carbocycles. The highest BCUT2D eigenvalue weighted by Crippen LogP contribution is 2.02. The molecule has 1 aromatic heterocycles. The van der Waals surface area contributed by atoms with Crippen molar-refractivity contribution in [2.24, 2.45) is 0 Å². The summed E-state index contributed by atoms with van der Waals surface area (Å²) in [7, 11) is 0. The Hall–Kier alpha value is -0.760. The Morgan fingerprint density at radius 2 is 2.18 bits per heavy atom. The molecule has 11 heavy (non-hydrogen) atoms. The lowest BCUT2D eigenvalue weighted by Crippen LogP contribution is -2.34. The topological polar surface area (TPSA) is 27.8 Å². The number of aromatic amines is 1. The Bertz CT molecular complexity index is 194. The van der Waals surface area contributed by atoms with E-state index in [1.54, 1.807) is 0 Å². The summed E-state index contributed by atoms with van der Waals surface area (Å²) in [5, 5.41) is 3.40. The lowest BCUT2D eigenvalue weighted by Gasteiger charge is -2.19. The fraction of sp³-hybridized carbons (Fsp3) is 0.556. The van der Waals surface area contributed by atoms with Gasteiger partial charge in [0.25, 0.3) is 0 Å². The van der Waals surface area contributed by atoms with Crippen molar-refractivity contribution in [3.05, 3.63) is 24.0 Å². The van der Waals surface area contributed by atoms with Crippen LogP contribution in [0, 0.1) is 0 Å². The fourth-order valence-corrected chi connectivity index (χ4v) is 0.836. The number of aromatic nitrogens is 1. The zero-order valence-corrected chi connectivity index (χ0v) is 7.44. The predicted octanol–water partition coefficient (Wildman–Crippen LogP) is 1.90. The van der Waals surface area contributed by atoms with E-state index in [2.05, 4.69) is 37.1 Å². The monoisotopic (exact) mass is 152 g/mol. The van der Waals surface area contributed by atoms with Crippen molar-refractivity contribution in [1.82, 2.24) is 10.3 Å². The Labute approximate surface area is 68.0 Å². The highest BCUT2D eigenvalue weighted by Gasteiger charge is 2.07. The Morgan fingerprint density at radius 3 is 2.64 bits per heavy atom. The maximum Gasteiger partial charge on any atom is 0.0225 e. The van der Waals surface area contributed by atoms with Gasteiger partial charge in [-0.2, -0.15) is 0 Å². The van der Waals surface area contributed by atoms with Crippen LogP contribution in [0.5, 0.6) is 0 Å². The summed E-state index contributed by atoms with van der Waals surface area (Å²) in [6.45, 7) is 7.44. The highest BCUT2D eigenvalue weighted by atomic mass is 14.9. The third-order valence-electron chi connectivity index (χ3n) is 1.49. The van der Waals surface area contributed by atoms with Gasteiger partial charge in [-0.3, -0.25) is 0 Å². The van der Waals surface area contributed by atoms with Gasteiger partial charge >= 0.3 is 0 Å². The van der Waals surface area contributed by atoms with Gasteiger partial charge in [-0.05, 0) is 32.4 Å². The first kappa shape index (κ1) is 8.34. The number of rotatable bonds is 2. The lowest BCUT2D eigenvalue weighted by molar-refractivity contribution is 0.424. The molecule has 0 saturated heterocycles. The molecule has 0 aliphatic rings. The van der Waals surface area contributed by atoms with Gasteiger partial charge in [0.05, 0.1) is 0 Å². The van der Waals surface area contributed by atoms with E-state index in [0.717, 1.165) is 6.54 Å². The van der Waals surface area contributed by atoms with Crippen LogP contribution in [0.2, 0.25) is 0 Å². The van der Waals surface area contributed by atoms with Crippen LogP contribution < -0.4 is 5.32 Å². The highest BCUT2D eigenvalue weighted by molar-refractivity contribution is 5.07. The van der Waals surface area contributed by atoms with Crippen LogP contribution in [0.3, 0.4) is 0 Å². The zero-order valence-electron chi connectivity index (χ0n) is 7.44.